The van der Waals surface area contributed by atoms with Crippen LogP contribution in [-0.2, 0) is 4.79 Å². The van der Waals surface area contributed by atoms with Gasteiger partial charge < -0.3 is 10.5 Å². The number of hydrogen-bond donors (Lipinski definition) is 1. The van der Waals surface area contributed by atoms with E-state index in [1.54, 1.807) is 6.08 Å². The maximum absolute atomic E-state index is 9.98. The Bertz CT molecular complexity index is 96.7. The second kappa shape index (κ2) is 2.62. The zero-order chi connectivity index (χ0) is 6.62. The van der Waals surface area contributed by atoms with E-state index in [1.807, 2.05) is 0 Å². The van der Waals surface area contributed by atoms with Gasteiger partial charge in [0.25, 0.3) is 0 Å². The van der Waals surface area contributed by atoms with Crippen LogP contribution in [0.5, 0.6) is 0 Å². The minimum absolute atomic E-state index is 0.427. The van der Waals surface area contributed by atoms with E-state index >= 15 is 0 Å². The predicted octanol–water partition coefficient (Wildman–Crippen LogP) is 0.293. The van der Waals surface area contributed by atoms with Gasteiger partial charge in [0, 0.05) is 0 Å². The average molecular weight is 112 g/mol. The van der Waals surface area contributed by atoms with Crippen molar-refractivity contribution in [2.24, 2.45) is 5.73 Å². The molecule has 0 aromatic heterocycles. The van der Waals surface area contributed by atoms with Gasteiger partial charge in [-0.05, 0) is 13.3 Å². The Hall–Kier alpha value is -0.630. The Labute approximate surface area is 49.4 Å². The third kappa shape index (κ3) is 2.53. The summed E-state index contributed by atoms with van der Waals surface area (Å²) in [4.78, 5) is 9.98. The summed E-state index contributed by atoms with van der Waals surface area (Å²) < 4.78 is 0. The second-order valence-electron chi connectivity index (χ2n) is 1.84. The van der Waals surface area contributed by atoms with Gasteiger partial charge in [0.15, 0.2) is 0 Å². The molecular weight excluding hydrogens is 102 g/mol. The lowest BCUT2D eigenvalue weighted by Crippen LogP contribution is -2.37. The number of aldehydes is 1. The molecule has 2 heteroatoms. The Morgan fingerprint density at radius 1 is 1.75 bits per heavy atom. The van der Waals surface area contributed by atoms with Gasteiger partial charge >= 0.3 is 0 Å². The molecule has 0 heterocycles. The molecule has 0 aromatic rings. The molecule has 0 bridgehead atoms. The summed E-state index contributed by atoms with van der Waals surface area (Å²) in [5, 5.41) is 0. The highest BCUT2D eigenvalue weighted by atomic mass is 16.1. The van der Waals surface area contributed by atoms with Crippen LogP contribution in [-0.4, -0.2) is 11.8 Å². The SMILES string of the molecule is [CH2]C(N)(C=O)CC=C. The van der Waals surface area contributed by atoms with Crippen molar-refractivity contribution in [1.29, 1.82) is 0 Å². The lowest BCUT2D eigenvalue weighted by atomic mass is 10.0. The van der Waals surface area contributed by atoms with Crippen LogP contribution in [0.4, 0.5) is 0 Å². The van der Waals surface area contributed by atoms with E-state index in [9.17, 15) is 4.79 Å². The van der Waals surface area contributed by atoms with Gasteiger partial charge in [0.05, 0.1) is 5.54 Å². The van der Waals surface area contributed by atoms with Crippen molar-refractivity contribution in [1.82, 2.24) is 0 Å². The first-order valence-corrected chi connectivity index (χ1v) is 2.34. The van der Waals surface area contributed by atoms with Gasteiger partial charge in [-0.15, -0.1) is 6.58 Å². The van der Waals surface area contributed by atoms with E-state index in [0.29, 0.717) is 12.7 Å². The van der Waals surface area contributed by atoms with E-state index in [0.717, 1.165) is 0 Å². The van der Waals surface area contributed by atoms with Gasteiger partial charge in [0.2, 0.25) is 0 Å². The van der Waals surface area contributed by atoms with Gasteiger partial charge in [-0.25, -0.2) is 0 Å². The van der Waals surface area contributed by atoms with Crippen molar-refractivity contribution in [3.05, 3.63) is 19.6 Å². The lowest BCUT2D eigenvalue weighted by Gasteiger charge is -2.11. The number of rotatable bonds is 3. The molecule has 0 saturated carbocycles. The Balaban J connectivity index is 3.70. The van der Waals surface area contributed by atoms with Crippen molar-refractivity contribution in [2.75, 3.05) is 0 Å². The van der Waals surface area contributed by atoms with Crippen LogP contribution >= 0.6 is 0 Å². The smallest absolute Gasteiger partial charge is 0.140 e. The quantitative estimate of drug-likeness (QED) is 0.421. The predicted molar refractivity (Wildman–Crippen MR) is 33.2 cm³/mol. The van der Waals surface area contributed by atoms with Crippen LogP contribution < -0.4 is 5.73 Å². The molecular formula is C6H10NO. The molecule has 2 nitrogen and oxygen atoms in total. The zero-order valence-electron chi connectivity index (χ0n) is 4.76. The molecule has 0 fully saturated rings. The van der Waals surface area contributed by atoms with Crippen molar-refractivity contribution >= 4 is 6.29 Å². The highest BCUT2D eigenvalue weighted by Crippen LogP contribution is 1.99. The summed E-state index contributed by atoms with van der Waals surface area (Å²) in [6.45, 7) is 6.83. The molecule has 1 radical (unpaired) electrons. The third-order valence-electron chi connectivity index (χ3n) is 0.759. The normalized spacial score (nSPS) is 16.8. The van der Waals surface area contributed by atoms with Crippen molar-refractivity contribution in [3.63, 3.8) is 0 Å². The Kier molecular flexibility index (Phi) is 2.42. The van der Waals surface area contributed by atoms with Crippen molar-refractivity contribution < 1.29 is 4.79 Å². The molecule has 45 valence electrons. The zero-order valence-corrected chi connectivity index (χ0v) is 4.76. The first kappa shape index (κ1) is 7.37. The molecule has 0 aromatic carbocycles. The Morgan fingerprint density at radius 2 is 2.25 bits per heavy atom. The molecule has 0 saturated heterocycles. The number of hydrogen-bond acceptors (Lipinski definition) is 2. The largest absolute Gasteiger partial charge is 0.319 e. The standard InChI is InChI=1S/C6H10NO/c1-3-4-6(2,7)5-8/h3,5H,1-2,4,7H2. The summed E-state index contributed by atoms with van der Waals surface area (Å²) in [6, 6.07) is 0. The summed E-state index contributed by atoms with van der Waals surface area (Å²) >= 11 is 0. The van der Waals surface area contributed by atoms with E-state index in [2.05, 4.69) is 13.5 Å². The number of nitrogens with two attached hydrogens (primary N) is 1. The van der Waals surface area contributed by atoms with Gasteiger partial charge in [-0.1, -0.05) is 6.08 Å². The summed E-state index contributed by atoms with van der Waals surface area (Å²) in [5.41, 5.74) is 4.32. The molecule has 2 N–H and O–H groups in total. The molecule has 0 aliphatic rings. The fourth-order valence-electron chi connectivity index (χ4n) is 0.317. The van der Waals surface area contributed by atoms with E-state index in [-0.39, 0.29) is 0 Å². The van der Waals surface area contributed by atoms with Crippen LogP contribution in [0.3, 0.4) is 0 Å². The number of carbonyl (C=O) groups is 1. The topological polar surface area (TPSA) is 43.1 Å². The maximum Gasteiger partial charge on any atom is 0.140 e. The molecule has 0 aliphatic heterocycles. The summed E-state index contributed by atoms with van der Waals surface area (Å²) in [6.07, 6.45) is 2.62. The maximum atomic E-state index is 9.98. The van der Waals surface area contributed by atoms with Gasteiger partial charge in [0.1, 0.15) is 6.29 Å². The summed E-state index contributed by atoms with van der Waals surface area (Å²) in [5.74, 6) is 0. The first-order chi connectivity index (χ1) is 3.62. The molecule has 1 atom stereocenters. The Morgan fingerprint density at radius 3 is 2.38 bits per heavy atom. The molecule has 0 spiro atoms. The van der Waals surface area contributed by atoms with Gasteiger partial charge in [-0.2, -0.15) is 0 Å². The molecule has 8 heavy (non-hydrogen) atoms. The average Bonchev–Trinajstić information content (AvgIpc) is 1.67. The van der Waals surface area contributed by atoms with Crippen LogP contribution in [0.2, 0.25) is 0 Å². The number of carbonyl (C=O) groups excluding carboxylic acids is 1. The highest BCUT2D eigenvalue weighted by molar-refractivity contribution is 5.65. The van der Waals surface area contributed by atoms with E-state index < -0.39 is 5.54 Å². The fourth-order valence-corrected chi connectivity index (χ4v) is 0.317. The van der Waals surface area contributed by atoms with Crippen LogP contribution in [0, 0.1) is 6.92 Å². The van der Waals surface area contributed by atoms with Crippen LogP contribution in [0.25, 0.3) is 0 Å². The monoisotopic (exact) mass is 112 g/mol. The second-order valence-corrected chi connectivity index (χ2v) is 1.84. The van der Waals surface area contributed by atoms with Crippen LogP contribution in [0.15, 0.2) is 12.7 Å². The summed E-state index contributed by atoms with van der Waals surface area (Å²) in [7, 11) is 0. The van der Waals surface area contributed by atoms with Crippen molar-refractivity contribution in [2.45, 2.75) is 12.0 Å². The molecule has 0 amide bonds. The fraction of sp³-hybridized carbons (Fsp3) is 0.333. The third-order valence-corrected chi connectivity index (χ3v) is 0.759. The van der Waals surface area contributed by atoms with Crippen LogP contribution in [0.1, 0.15) is 6.42 Å². The first-order valence-electron chi connectivity index (χ1n) is 2.34. The molecule has 0 aliphatic carbocycles. The van der Waals surface area contributed by atoms with Crippen molar-refractivity contribution in [3.8, 4) is 0 Å². The highest BCUT2D eigenvalue weighted by Gasteiger charge is 2.13. The minimum atomic E-state index is -0.957. The minimum Gasteiger partial charge on any atom is -0.319 e. The molecule has 1 unspecified atom stereocenters. The lowest BCUT2D eigenvalue weighted by molar-refractivity contribution is -0.110. The molecule has 0 rings (SSSR count). The van der Waals surface area contributed by atoms with E-state index in [4.69, 9.17) is 5.73 Å². The van der Waals surface area contributed by atoms with Gasteiger partial charge in [-0.3, -0.25) is 0 Å². The van der Waals surface area contributed by atoms with E-state index in [1.165, 1.54) is 0 Å².